The molecular formula is C21H32N4O5S. The predicted octanol–water partition coefficient (Wildman–Crippen LogP) is 1.54. The molecular weight excluding hydrogens is 420 g/mol. The average molecular weight is 453 g/mol. The summed E-state index contributed by atoms with van der Waals surface area (Å²) in [6.07, 6.45) is 4.00. The quantitative estimate of drug-likeness (QED) is 0.630. The second-order valence-electron chi connectivity index (χ2n) is 7.84. The molecule has 3 rings (SSSR count). The normalized spacial score (nSPS) is 19.5. The minimum Gasteiger partial charge on any atom is -0.462 e. The molecule has 0 saturated carbocycles. The number of hydrogen-bond donors (Lipinski definition) is 1. The fraction of sp³-hybridized carbons (Fsp3) is 0.619. The maximum absolute atomic E-state index is 12.9. The summed E-state index contributed by atoms with van der Waals surface area (Å²) in [5.41, 5.74) is 1.03. The third-order valence-electron chi connectivity index (χ3n) is 5.60. The molecule has 0 spiro atoms. The highest BCUT2D eigenvalue weighted by Gasteiger charge is 2.32. The van der Waals surface area contributed by atoms with Crippen molar-refractivity contribution in [3.8, 4) is 0 Å². The summed E-state index contributed by atoms with van der Waals surface area (Å²) in [7, 11) is -3.42. The molecule has 1 amide bonds. The molecule has 1 N–H and O–H groups in total. The lowest BCUT2D eigenvalue weighted by atomic mass is 10.2. The molecule has 10 heteroatoms. The monoisotopic (exact) mass is 452 g/mol. The summed E-state index contributed by atoms with van der Waals surface area (Å²) < 4.78 is 33.9. The first-order valence-corrected chi connectivity index (χ1v) is 12.3. The Morgan fingerprint density at radius 3 is 2.06 bits per heavy atom. The van der Waals surface area contributed by atoms with E-state index in [0.717, 1.165) is 25.7 Å². The van der Waals surface area contributed by atoms with Crippen molar-refractivity contribution < 1.29 is 22.7 Å². The third-order valence-corrected chi connectivity index (χ3v) is 7.63. The zero-order valence-corrected chi connectivity index (χ0v) is 18.9. The Morgan fingerprint density at radius 2 is 1.48 bits per heavy atom. The van der Waals surface area contributed by atoms with Crippen LogP contribution in [0.3, 0.4) is 0 Å². The van der Waals surface area contributed by atoms with Gasteiger partial charge in [0.15, 0.2) is 0 Å². The van der Waals surface area contributed by atoms with E-state index in [1.165, 1.54) is 0 Å². The maximum atomic E-state index is 12.9. The zero-order valence-electron chi connectivity index (χ0n) is 18.1. The third kappa shape index (κ3) is 6.49. The highest BCUT2D eigenvalue weighted by molar-refractivity contribution is 7.86. The van der Waals surface area contributed by atoms with Crippen molar-refractivity contribution in [2.75, 3.05) is 57.7 Å². The first-order valence-electron chi connectivity index (χ1n) is 10.9. The number of piperazine rings is 1. The lowest BCUT2D eigenvalue weighted by Crippen LogP contribution is -2.54. The smallest absolute Gasteiger partial charge is 0.338 e. The van der Waals surface area contributed by atoms with Gasteiger partial charge in [0.1, 0.15) is 0 Å². The van der Waals surface area contributed by atoms with Crippen molar-refractivity contribution in [1.29, 1.82) is 0 Å². The second-order valence-corrected chi connectivity index (χ2v) is 9.77. The molecule has 2 aliphatic rings. The molecule has 0 atom stereocenters. The largest absolute Gasteiger partial charge is 0.462 e. The molecule has 2 aliphatic heterocycles. The molecule has 0 radical (unpaired) electrons. The number of ether oxygens (including phenoxy) is 1. The molecule has 1 aromatic carbocycles. The van der Waals surface area contributed by atoms with E-state index in [4.69, 9.17) is 4.74 Å². The van der Waals surface area contributed by atoms with E-state index < -0.39 is 16.2 Å². The number of carbonyl (C=O) groups is 2. The van der Waals surface area contributed by atoms with Crippen molar-refractivity contribution in [2.45, 2.75) is 32.6 Å². The number of amides is 1. The fourth-order valence-electron chi connectivity index (χ4n) is 3.86. The van der Waals surface area contributed by atoms with Gasteiger partial charge in [-0.1, -0.05) is 12.8 Å². The maximum Gasteiger partial charge on any atom is 0.338 e. The number of esters is 1. The minimum absolute atomic E-state index is 0.173. The topological polar surface area (TPSA) is 99.3 Å². The molecule has 0 bridgehead atoms. The van der Waals surface area contributed by atoms with Gasteiger partial charge in [0.25, 0.3) is 10.2 Å². The Bertz CT molecular complexity index is 843. The summed E-state index contributed by atoms with van der Waals surface area (Å²) in [6.45, 7) is 5.25. The minimum atomic E-state index is -3.42. The number of nitrogens with zero attached hydrogens (tertiary/aromatic N) is 3. The molecule has 2 saturated heterocycles. The Kier molecular flexibility index (Phi) is 8.42. The molecule has 9 nitrogen and oxygen atoms in total. The summed E-state index contributed by atoms with van der Waals surface area (Å²) in [5.74, 6) is -0.568. The summed E-state index contributed by atoms with van der Waals surface area (Å²) >= 11 is 0. The highest BCUT2D eigenvalue weighted by Crippen LogP contribution is 2.18. The van der Waals surface area contributed by atoms with Crippen LogP contribution in [0.15, 0.2) is 24.3 Å². The van der Waals surface area contributed by atoms with E-state index >= 15 is 0 Å². The lowest BCUT2D eigenvalue weighted by Gasteiger charge is -2.36. The molecule has 172 valence electrons. The number of rotatable bonds is 7. The van der Waals surface area contributed by atoms with Gasteiger partial charge in [-0.25, -0.2) is 4.79 Å². The van der Waals surface area contributed by atoms with E-state index in [0.29, 0.717) is 57.1 Å². The number of benzene rings is 1. The fourth-order valence-corrected chi connectivity index (χ4v) is 5.53. The summed E-state index contributed by atoms with van der Waals surface area (Å²) in [4.78, 5) is 26.0. The first kappa shape index (κ1) is 23.6. The zero-order chi connectivity index (χ0) is 22.3. The molecule has 0 unspecified atom stereocenters. The van der Waals surface area contributed by atoms with E-state index in [9.17, 15) is 18.0 Å². The van der Waals surface area contributed by atoms with Gasteiger partial charge in [0, 0.05) is 45.0 Å². The Balaban J connectivity index is 1.46. The van der Waals surface area contributed by atoms with Crippen molar-refractivity contribution >= 4 is 27.8 Å². The van der Waals surface area contributed by atoms with Crippen LogP contribution in [0.25, 0.3) is 0 Å². The van der Waals surface area contributed by atoms with E-state index in [-0.39, 0.29) is 12.5 Å². The van der Waals surface area contributed by atoms with Gasteiger partial charge in [-0.3, -0.25) is 9.69 Å². The van der Waals surface area contributed by atoms with Gasteiger partial charge < -0.3 is 10.1 Å². The number of carbonyl (C=O) groups excluding carboxylic acids is 2. The summed E-state index contributed by atoms with van der Waals surface area (Å²) in [6, 6.07) is 6.55. The lowest BCUT2D eigenvalue weighted by molar-refractivity contribution is -0.117. The van der Waals surface area contributed by atoms with Gasteiger partial charge in [-0.2, -0.15) is 17.0 Å². The van der Waals surface area contributed by atoms with Gasteiger partial charge in [-0.05, 0) is 44.0 Å². The van der Waals surface area contributed by atoms with Crippen LogP contribution in [0.1, 0.15) is 43.0 Å². The van der Waals surface area contributed by atoms with E-state index in [1.807, 2.05) is 4.90 Å². The predicted molar refractivity (Wildman–Crippen MR) is 118 cm³/mol. The molecule has 2 fully saturated rings. The summed E-state index contributed by atoms with van der Waals surface area (Å²) in [5, 5.41) is 2.81. The molecule has 1 aromatic rings. The Morgan fingerprint density at radius 1 is 0.903 bits per heavy atom. The van der Waals surface area contributed by atoms with Gasteiger partial charge in [-0.15, -0.1) is 0 Å². The van der Waals surface area contributed by atoms with Crippen molar-refractivity contribution in [2.24, 2.45) is 0 Å². The SMILES string of the molecule is CCOC(=O)c1ccc(NC(=O)CN2CCN(S(=O)(=O)N3CCCCCC3)CC2)cc1. The van der Waals surface area contributed by atoms with Crippen LogP contribution in [-0.4, -0.2) is 86.2 Å². The van der Waals surface area contributed by atoms with Gasteiger partial charge >= 0.3 is 5.97 Å². The molecule has 31 heavy (non-hydrogen) atoms. The van der Waals surface area contributed by atoms with Gasteiger partial charge in [0.05, 0.1) is 18.7 Å². The average Bonchev–Trinajstić information content (AvgIpc) is 3.05. The number of anilines is 1. The van der Waals surface area contributed by atoms with Crippen molar-refractivity contribution in [1.82, 2.24) is 13.5 Å². The number of hydrogen-bond acceptors (Lipinski definition) is 6. The van der Waals surface area contributed by atoms with Crippen molar-refractivity contribution in [3.63, 3.8) is 0 Å². The van der Waals surface area contributed by atoms with Crippen LogP contribution < -0.4 is 5.32 Å². The van der Waals surface area contributed by atoms with Gasteiger partial charge in [0.2, 0.25) is 5.91 Å². The highest BCUT2D eigenvalue weighted by atomic mass is 32.2. The molecule has 0 aliphatic carbocycles. The van der Waals surface area contributed by atoms with Crippen LogP contribution in [0.4, 0.5) is 5.69 Å². The van der Waals surface area contributed by atoms with Crippen molar-refractivity contribution in [3.05, 3.63) is 29.8 Å². The standard InChI is InChI=1S/C21H32N4O5S/c1-2-30-21(27)18-7-9-19(10-8-18)22-20(26)17-23-13-15-25(16-14-23)31(28,29)24-11-5-3-4-6-12-24/h7-10H,2-6,11-17H2,1H3,(H,22,26). The van der Waals surface area contributed by atoms with Crippen LogP contribution in [0.2, 0.25) is 0 Å². The first-order chi connectivity index (χ1) is 14.9. The molecule has 2 heterocycles. The van der Waals surface area contributed by atoms with Crippen LogP contribution in [0.5, 0.6) is 0 Å². The Labute approximate surface area is 184 Å². The Hall–Kier alpha value is -2.01. The van der Waals surface area contributed by atoms with E-state index in [2.05, 4.69) is 5.32 Å². The number of nitrogens with one attached hydrogen (secondary N) is 1. The second kappa shape index (κ2) is 11.0. The van der Waals surface area contributed by atoms with Crippen LogP contribution in [0, 0.1) is 0 Å². The molecule has 0 aromatic heterocycles. The van der Waals surface area contributed by atoms with Crippen LogP contribution >= 0.6 is 0 Å². The van der Waals surface area contributed by atoms with Crippen LogP contribution in [-0.2, 0) is 19.7 Å². The van der Waals surface area contributed by atoms with E-state index in [1.54, 1.807) is 39.8 Å².